The number of aliphatic hydroxyl groups excluding tert-OH is 1. The third-order valence-corrected chi connectivity index (χ3v) is 9.93. The topological polar surface area (TPSA) is 91.7 Å². The first kappa shape index (κ1) is 21.0. The van der Waals surface area contributed by atoms with Gasteiger partial charge in [-0.05, 0) is 73.0 Å². The highest BCUT2D eigenvalue weighted by Gasteiger charge is 2.65. The molecule has 0 aromatic heterocycles. The molecule has 0 spiro atoms. The Kier molecular flexibility index (Phi) is 5.20. The predicted molar refractivity (Wildman–Crippen MR) is 108 cm³/mol. The molecular formula is C24H36O5. The lowest BCUT2D eigenvalue weighted by atomic mass is 9.43. The van der Waals surface area contributed by atoms with Gasteiger partial charge >= 0.3 is 5.97 Å². The molecule has 4 fully saturated rings. The maximum absolute atomic E-state index is 13.6. The summed E-state index contributed by atoms with van der Waals surface area (Å²) in [5.41, 5.74) is -0.477. The second kappa shape index (κ2) is 7.18. The van der Waals surface area contributed by atoms with Crippen molar-refractivity contribution in [2.75, 3.05) is 0 Å². The largest absolute Gasteiger partial charge is 0.481 e. The number of aliphatic carboxylic acids is 1. The molecule has 4 aliphatic rings. The number of fused-ring (bicyclic) bond motifs is 5. The van der Waals surface area contributed by atoms with Gasteiger partial charge < -0.3 is 10.2 Å². The van der Waals surface area contributed by atoms with E-state index in [9.17, 15) is 19.5 Å². The lowest BCUT2D eigenvalue weighted by Crippen LogP contribution is -2.61. The molecule has 4 rings (SSSR count). The number of Topliss-reactive ketones (excluding diaryl/α,β-unsaturated/α-hetero) is 2. The summed E-state index contributed by atoms with van der Waals surface area (Å²) in [4.78, 5) is 36.7. The lowest BCUT2D eigenvalue weighted by molar-refractivity contribution is -0.177. The molecule has 0 radical (unpaired) electrons. The Morgan fingerprint density at radius 3 is 2.59 bits per heavy atom. The lowest BCUT2D eigenvalue weighted by Gasteiger charge is -2.61. The first-order valence-corrected chi connectivity index (χ1v) is 11.5. The third kappa shape index (κ3) is 3.10. The number of carbonyl (C=O) groups is 3. The van der Waals surface area contributed by atoms with Crippen LogP contribution in [0.4, 0.5) is 0 Å². The predicted octanol–water partition coefficient (Wildman–Crippen LogP) is 3.87. The molecule has 0 saturated heterocycles. The minimum absolute atomic E-state index is 0.0260. The highest BCUT2D eigenvalue weighted by molar-refractivity contribution is 5.87. The van der Waals surface area contributed by atoms with Crippen LogP contribution in [0, 0.1) is 46.3 Å². The summed E-state index contributed by atoms with van der Waals surface area (Å²) in [5, 5.41) is 20.3. The summed E-state index contributed by atoms with van der Waals surface area (Å²) >= 11 is 0. The zero-order valence-corrected chi connectivity index (χ0v) is 18.0. The fraction of sp³-hybridized carbons (Fsp3) is 0.875. The van der Waals surface area contributed by atoms with E-state index in [1.165, 1.54) is 0 Å². The molecule has 0 aliphatic heterocycles. The van der Waals surface area contributed by atoms with Gasteiger partial charge in [0, 0.05) is 31.1 Å². The zero-order valence-electron chi connectivity index (χ0n) is 18.0. The molecule has 9 atom stereocenters. The molecule has 29 heavy (non-hydrogen) atoms. The Bertz CT molecular complexity index is 716. The van der Waals surface area contributed by atoms with Crippen LogP contribution in [0.5, 0.6) is 0 Å². The van der Waals surface area contributed by atoms with E-state index < -0.39 is 17.5 Å². The Labute approximate surface area is 173 Å². The van der Waals surface area contributed by atoms with Gasteiger partial charge in [0.15, 0.2) is 0 Å². The molecule has 0 aromatic carbocycles. The maximum Gasteiger partial charge on any atom is 0.303 e. The monoisotopic (exact) mass is 404 g/mol. The van der Waals surface area contributed by atoms with Gasteiger partial charge in [0.2, 0.25) is 0 Å². The molecular weight excluding hydrogens is 368 g/mol. The van der Waals surface area contributed by atoms with E-state index >= 15 is 0 Å². The van der Waals surface area contributed by atoms with E-state index in [4.69, 9.17) is 5.11 Å². The Balaban J connectivity index is 1.62. The smallest absolute Gasteiger partial charge is 0.303 e. The second-order valence-electron chi connectivity index (χ2n) is 11.0. The van der Waals surface area contributed by atoms with Crippen molar-refractivity contribution >= 4 is 17.5 Å². The maximum atomic E-state index is 13.6. The van der Waals surface area contributed by atoms with Gasteiger partial charge in [-0.1, -0.05) is 20.8 Å². The fourth-order valence-corrected chi connectivity index (χ4v) is 8.22. The van der Waals surface area contributed by atoms with Crippen LogP contribution in [0.2, 0.25) is 0 Å². The molecule has 4 saturated carbocycles. The van der Waals surface area contributed by atoms with Crippen LogP contribution in [0.25, 0.3) is 0 Å². The van der Waals surface area contributed by atoms with Gasteiger partial charge in [0.25, 0.3) is 0 Å². The molecule has 162 valence electrons. The zero-order chi connectivity index (χ0) is 21.1. The summed E-state index contributed by atoms with van der Waals surface area (Å²) in [6.45, 7) is 6.48. The van der Waals surface area contributed by atoms with Crippen LogP contribution in [-0.4, -0.2) is 33.9 Å². The van der Waals surface area contributed by atoms with Crippen LogP contribution < -0.4 is 0 Å². The van der Waals surface area contributed by atoms with Crippen molar-refractivity contribution in [3.8, 4) is 0 Å². The summed E-state index contributed by atoms with van der Waals surface area (Å²) < 4.78 is 0. The van der Waals surface area contributed by atoms with E-state index in [0.717, 1.165) is 19.3 Å². The number of carboxylic acids is 1. The van der Waals surface area contributed by atoms with Gasteiger partial charge in [-0.25, -0.2) is 0 Å². The van der Waals surface area contributed by atoms with Gasteiger partial charge in [-0.2, -0.15) is 0 Å². The molecule has 0 aromatic rings. The van der Waals surface area contributed by atoms with Crippen molar-refractivity contribution in [2.24, 2.45) is 46.3 Å². The number of carbonyl (C=O) groups excluding carboxylic acids is 2. The van der Waals surface area contributed by atoms with Gasteiger partial charge in [-0.3, -0.25) is 14.4 Å². The van der Waals surface area contributed by atoms with Crippen molar-refractivity contribution in [1.82, 2.24) is 0 Å². The molecule has 5 heteroatoms. The van der Waals surface area contributed by atoms with Crippen LogP contribution >= 0.6 is 0 Å². The SMILES string of the molecule is C[C@H](CCC(=O)O)[C@H]1CC[C@H]2[C@@H]3[C@H](O)C[C@@H]4CC(=O)CC[C@]4(C)[C@H]3CC(=O)[C@]12C. The van der Waals surface area contributed by atoms with Crippen LogP contribution in [-0.2, 0) is 14.4 Å². The van der Waals surface area contributed by atoms with Crippen molar-refractivity contribution in [2.45, 2.75) is 84.7 Å². The second-order valence-corrected chi connectivity index (χ2v) is 11.0. The molecule has 0 bridgehead atoms. The first-order chi connectivity index (χ1) is 13.6. The number of hydrogen-bond acceptors (Lipinski definition) is 4. The number of ketones is 2. The summed E-state index contributed by atoms with van der Waals surface area (Å²) in [6, 6.07) is 0. The van der Waals surface area contributed by atoms with E-state index in [2.05, 4.69) is 20.8 Å². The minimum atomic E-state index is -0.778. The van der Waals surface area contributed by atoms with E-state index in [1.54, 1.807) is 0 Å². The van der Waals surface area contributed by atoms with E-state index in [1.807, 2.05) is 0 Å². The third-order valence-electron chi connectivity index (χ3n) is 9.93. The fourth-order valence-electron chi connectivity index (χ4n) is 8.22. The number of hydrogen-bond donors (Lipinski definition) is 2. The quantitative estimate of drug-likeness (QED) is 0.742. The van der Waals surface area contributed by atoms with Gasteiger partial charge in [-0.15, -0.1) is 0 Å². The molecule has 0 unspecified atom stereocenters. The first-order valence-electron chi connectivity index (χ1n) is 11.5. The van der Waals surface area contributed by atoms with Crippen molar-refractivity contribution in [1.29, 1.82) is 0 Å². The van der Waals surface area contributed by atoms with Crippen molar-refractivity contribution < 1.29 is 24.6 Å². The Morgan fingerprint density at radius 2 is 1.90 bits per heavy atom. The highest BCUT2D eigenvalue weighted by atomic mass is 16.4. The van der Waals surface area contributed by atoms with Gasteiger partial charge in [0.05, 0.1) is 6.10 Å². The highest BCUT2D eigenvalue weighted by Crippen LogP contribution is 2.67. The average molecular weight is 405 g/mol. The summed E-state index contributed by atoms with van der Waals surface area (Å²) in [6.07, 6.45) is 5.42. The standard InChI is InChI=1S/C24H36O5/c1-13(4-7-21(28)29)16-5-6-17-22-18(12-20(27)24(16,17)3)23(2)9-8-15(25)10-14(23)11-19(22)26/h13-14,16-19,22,26H,4-12H2,1-3H3,(H,28,29)/t13-,14+,16-,17+,18+,19-,22+,23+,24-/m1/s1. The van der Waals surface area contributed by atoms with Crippen molar-refractivity contribution in [3.05, 3.63) is 0 Å². The van der Waals surface area contributed by atoms with Crippen LogP contribution in [0.1, 0.15) is 78.6 Å². The average Bonchev–Trinajstić information content (AvgIpc) is 3.01. The number of carboxylic acid groups (broad SMARTS) is 1. The van der Waals surface area contributed by atoms with Gasteiger partial charge in [0.1, 0.15) is 11.6 Å². The van der Waals surface area contributed by atoms with E-state index in [-0.39, 0.29) is 47.3 Å². The van der Waals surface area contributed by atoms with Crippen LogP contribution in [0.15, 0.2) is 0 Å². The number of rotatable bonds is 4. The number of aliphatic hydroxyl groups is 1. The van der Waals surface area contributed by atoms with E-state index in [0.29, 0.717) is 43.7 Å². The van der Waals surface area contributed by atoms with Crippen molar-refractivity contribution in [3.63, 3.8) is 0 Å². The normalized spacial score (nSPS) is 47.9. The van der Waals surface area contributed by atoms with Crippen LogP contribution in [0.3, 0.4) is 0 Å². The molecule has 0 amide bonds. The molecule has 0 heterocycles. The molecule has 5 nitrogen and oxygen atoms in total. The Morgan fingerprint density at radius 1 is 1.17 bits per heavy atom. The summed E-state index contributed by atoms with van der Waals surface area (Å²) in [7, 11) is 0. The Hall–Kier alpha value is -1.23. The molecule has 2 N–H and O–H groups in total. The summed E-state index contributed by atoms with van der Waals surface area (Å²) in [5.74, 6) is 0.911. The minimum Gasteiger partial charge on any atom is -0.481 e. The molecule has 4 aliphatic carbocycles.